The molecule has 1 heterocycles. The number of carboxylic acid groups (broad SMARTS) is 1. The van der Waals surface area contributed by atoms with E-state index < -0.39 is 17.2 Å². The molecular weight excluding hydrogens is 191 g/mol. The Morgan fingerprint density at radius 1 is 1.54 bits per heavy atom. The summed E-state index contributed by atoms with van der Waals surface area (Å²) in [7, 11) is 0. The second-order valence-corrected chi connectivity index (χ2v) is 4.59. The van der Waals surface area contributed by atoms with Crippen LogP contribution in [0.4, 0.5) is 4.39 Å². The number of aliphatic carboxylic acids is 1. The minimum atomic E-state index is -0.939. The molecule has 74 valence electrons. The molecule has 0 bridgehead atoms. The topological polar surface area (TPSA) is 37.3 Å². The third-order valence-corrected chi connectivity index (χ3v) is 3.50. The highest BCUT2D eigenvalue weighted by Gasteiger charge is 2.37. The maximum absolute atomic E-state index is 13.1. The third kappa shape index (κ3) is 2.46. The van der Waals surface area contributed by atoms with E-state index in [1.165, 1.54) is 0 Å². The van der Waals surface area contributed by atoms with Gasteiger partial charge >= 0.3 is 5.97 Å². The van der Waals surface area contributed by atoms with E-state index in [9.17, 15) is 9.18 Å². The standard InChI is InChI=1S/C9H13FO2S/c1-7(10)9(6-8(11)12)2-4-13-5-3-9/h1-6H2,(H,11,12). The van der Waals surface area contributed by atoms with Crippen molar-refractivity contribution < 1.29 is 14.3 Å². The lowest BCUT2D eigenvalue weighted by molar-refractivity contribution is -0.139. The van der Waals surface area contributed by atoms with Crippen LogP contribution in [0.5, 0.6) is 0 Å². The van der Waals surface area contributed by atoms with Crippen molar-refractivity contribution in [2.75, 3.05) is 11.5 Å². The van der Waals surface area contributed by atoms with Crippen molar-refractivity contribution >= 4 is 17.7 Å². The van der Waals surface area contributed by atoms with Gasteiger partial charge in [0.05, 0.1) is 12.2 Å². The fourth-order valence-corrected chi connectivity index (χ4v) is 2.87. The molecule has 13 heavy (non-hydrogen) atoms. The van der Waals surface area contributed by atoms with Crippen LogP contribution in [0.3, 0.4) is 0 Å². The highest BCUT2D eigenvalue weighted by molar-refractivity contribution is 7.99. The van der Waals surface area contributed by atoms with Crippen LogP contribution in [0, 0.1) is 5.41 Å². The van der Waals surface area contributed by atoms with Gasteiger partial charge in [-0.25, -0.2) is 4.39 Å². The predicted molar refractivity (Wildman–Crippen MR) is 51.5 cm³/mol. The number of hydrogen-bond donors (Lipinski definition) is 1. The highest BCUT2D eigenvalue weighted by Crippen LogP contribution is 2.43. The molecule has 0 unspecified atom stereocenters. The van der Waals surface area contributed by atoms with Crippen molar-refractivity contribution in [2.45, 2.75) is 19.3 Å². The van der Waals surface area contributed by atoms with Crippen molar-refractivity contribution in [1.82, 2.24) is 0 Å². The first-order valence-electron chi connectivity index (χ1n) is 4.21. The molecule has 0 spiro atoms. The lowest BCUT2D eigenvalue weighted by Crippen LogP contribution is -2.29. The van der Waals surface area contributed by atoms with Gasteiger partial charge in [0.1, 0.15) is 0 Å². The molecule has 1 aliphatic heterocycles. The molecule has 0 radical (unpaired) electrons. The first-order chi connectivity index (χ1) is 6.07. The Bertz CT molecular complexity index is 222. The van der Waals surface area contributed by atoms with Gasteiger partial charge < -0.3 is 5.11 Å². The maximum atomic E-state index is 13.1. The van der Waals surface area contributed by atoms with E-state index in [2.05, 4.69) is 6.58 Å². The van der Waals surface area contributed by atoms with Gasteiger partial charge in [0.15, 0.2) is 0 Å². The molecule has 0 aliphatic carbocycles. The smallest absolute Gasteiger partial charge is 0.304 e. The zero-order valence-corrected chi connectivity index (χ0v) is 8.20. The van der Waals surface area contributed by atoms with Crippen LogP contribution in [0.2, 0.25) is 0 Å². The molecular formula is C9H13FO2S. The molecule has 2 nitrogen and oxygen atoms in total. The number of carboxylic acids is 1. The summed E-state index contributed by atoms with van der Waals surface area (Å²) in [6.45, 7) is 3.26. The summed E-state index contributed by atoms with van der Waals surface area (Å²) in [6.07, 6.45) is 1.07. The molecule has 0 amide bonds. The summed E-state index contributed by atoms with van der Waals surface area (Å²) in [6, 6.07) is 0. The van der Waals surface area contributed by atoms with Crippen LogP contribution < -0.4 is 0 Å². The first-order valence-corrected chi connectivity index (χ1v) is 5.37. The molecule has 0 aromatic carbocycles. The van der Waals surface area contributed by atoms with E-state index in [0.29, 0.717) is 12.8 Å². The van der Waals surface area contributed by atoms with Gasteiger partial charge in [-0.05, 0) is 24.3 Å². The van der Waals surface area contributed by atoms with E-state index in [4.69, 9.17) is 5.11 Å². The Morgan fingerprint density at radius 2 is 2.08 bits per heavy atom. The summed E-state index contributed by atoms with van der Waals surface area (Å²) in [5.41, 5.74) is -0.781. The average Bonchev–Trinajstić information content (AvgIpc) is 2.04. The highest BCUT2D eigenvalue weighted by atomic mass is 32.2. The number of hydrogen-bond acceptors (Lipinski definition) is 2. The molecule has 0 aromatic rings. The summed E-state index contributed by atoms with van der Waals surface area (Å²) in [4.78, 5) is 10.6. The zero-order chi connectivity index (χ0) is 9.90. The Labute approximate surface area is 81.2 Å². The SMILES string of the molecule is C=C(F)C1(CC(=O)O)CCSCC1. The van der Waals surface area contributed by atoms with Crippen LogP contribution in [-0.4, -0.2) is 22.6 Å². The molecule has 0 atom stereocenters. The van der Waals surface area contributed by atoms with Crippen molar-refractivity contribution in [1.29, 1.82) is 0 Å². The lowest BCUT2D eigenvalue weighted by Gasteiger charge is -2.33. The number of thioether (sulfide) groups is 1. The molecule has 1 fully saturated rings. The van der Waals surface area contributed by atoms with E-state index in [1.807, 2.05) is 0 Å². The van der Waals surface area contributed by atoms with E-state index >= 15 is 0 Å². The maximum Gasteiger partial charge on any atom is 0.304 e. The van der Waals surface area contributed by atoms with Crippen LogP contribution in [-0.2, 0) is 4.79 Å². The molecule has 1 saturated heterocycles. The van der Waals surface area contributed by atoms with Crippen molar-refractivity contribution in [2.24, 2.45) is 5.41 Å². The van der Waals surface area contributed by atoms with Gasteiger partial charge in [0.2, 0.25) is 0 Å². The average molecular weight is 204 g/mol. The minimum Gasteiger partial charge on any atom is -0.481 e. The fourth-order valence-electron chi connectivity index (χ4n) is 1.60. The number of carbonyl (C=O) groups is 1. The molecule has 1 rings (SSSR count). The van der Waals surface area contributed by atoms with Crippen molar-refractivity contribution in [3.8, 4) is 0 Å². The van der Waals surface area contributed by atoms with Crippen molar-refractivity contribution in [3.05, 3.63) is 12.4 Å². The molecule has 1 N–H and O–H groups in total. The third-order valence-electron chi connectivity index (χ3n) is 2.51. The zero-order valence-electron chi connectivity index (χ0n) is 7.38. The van der Waals surface area contributed by atoms with E-state index in [-0.39, 0.29) is 6.42 Å². The Kier molecular flexibility index (Phi) is 3.36. The molecule has 4 heteroatoms. The van der Waals surface area contributed by atoms with E-state index in [1.54, 1.807) is 11.8 Å². The first kappa shape index (κ1) is 10.6. The monoisotopic (exact) mass is 204 g/mol. The summed E-state index contributed by atoms with van der Waals surface area (Å²) in [5.74, 6) is 0.257. The van der Waals surface area contributed by atoms with Crippen LogP contribution in [0.15, 0.2) is 12.4 Å². The number of allylic oxidation sites excluding steroid dienone is 1. The Morgan fingerprint density at radius 3 is 2.46 bits per heavy atom. The van der Waals surface area contributed by atoms with E-state index in [0.717, 1.165) is 11.5 Å². The van der Waals surface area contributed by atoms with Gasteiger partial charge in [-0.2, -0.15) is 11.8 Å². The van der Waals surface area contributed by atoms with Gasteiger partial charge in [-0.1, -0.05) is 6.58 Å². The predicted octanol–water partition coefficient (Wildman–Crippen LogP) is 2.46. The normalized spacial score (nSPS) is 21.0. The molecule has 0 aromatic heterocycles. The Hall–Kier alpha value is -0.510. The van der Waals surface area contributed by atoms with Gasteiger partial charge in [0, 0.05) is 5.41 Å². The van der Waals surface area contributed by atoms with Crippen molar-refractivity contribution in [3.63, 3.8) is 0 Å². The number of rotatable bonds is 3. The summed E-state index contributed by atoms with van der Waals surface area (Å²) >= 11 is 1.74. The Balaban J connectivity index is 2.73. The minimum absolute atomic E-state index is 0.122. The molecule has 0 saturated carbocycles. The lowest BCUT2D eigenvalue weighted by atomic mass is 9.78. The van der Waals surface area contributed by atoms with Gasteiger partial charge in [0.25, 0.3) is 0 Å². The quantitative estimate of drug-likeness (QED) is 0.767. The fraction of sp³-hybridized carbons (Fsp3) is 0.667. The van der Waals surface area contributed by atoms with Crippen LogP contribution in [0.25, 0.3) is 0 Å². The molecule has 1 aliphatic rings. The van der Waals surface area contributed by atoms with Gasteiger partial charge in [-0.3, -0.25) is 4.79 Å². The largest absolute Gasteiger partial charge is 0.481 e. The summed E-state index contributed by atoms with van der Waals surface area (Å²) < 4.78 is 13.1. The second kappa shape index (κ2) is 4.13. The second-order valence-electron chi connectivity index (χ2n) is 3.37. The van der Waals surface area contributed by atoms with Gasteiger partial charge in [-0.15, -0.1) is 0 Å². The van der Waals surface area contributed by atoms with Crippen LogP contribution >= 0.6 is 11.8 Å². The number of halogens is 1. The van der Waals surface area contributed by atoms with Crippen LogP contribution in [0.1, 0.15) is 19.3 Å². The summed E-state index contributed by atoms with van der Waals surface area (Å²) in [5, 5.41) is 8.67.